The van der Waals surface area contributed by atoms with E-state index < -0.39 is 16.8 Å². The number of fused-ring (bicyclic) bond motifs is 2. The van der Waals surface area contributed by atoms with Gasteiger partial charge in [-0.3, -0.25) is 19.7 Å². The van der Waals surface area contributed by atoms with Crippen molar-refractivity contribution in [1.82, 2.24) is 0 Å². The van der Waals surface area contributed by atoms with Crippen LogP contribution in [-0.4, -0.2) is 16.5 Å². The molecule has 12 heteroatoms. The molecule has 5 rings (SSSR count). The lowest BCUT2D eigenvalue weighted by Crippen LogP contribution is -2.35. The van der Waals surface area contributed by atoms with Crippen molar-refractivity contribution in [3.8, 4) is 0 Å². The van der Waals surface area contributed by atoms with Crippen LogP contribution in [0.25, 0.3) is 14.9 Å². The average molecular weight is 571 g/mol. The number of nitro groups is 1. The molecule has 0 heterocycles. The maximum Gasteiger partial charge on any atom is 0.396 e. The van der Waals surface area contributed by atoms with Crippen molar-refractivity contribution >= 4 is 50.2 Å². The molecule has 0 spiro atoms. The Hall–Kier alpha value is -5.38. The molecule has 2 aliphatic carbocycles. The van der Waals surface area contributed by atoms with Gasteiger partial charge < -0.3 is 0 Å². The van der Waals surface area contributed by atoms with E-state index in [9.17, 15) is 19.7 Å². The number of diazo groups is 3. The van der Waals surface area contributed by atoms with E-state index >= 15 is 0 Å². The first-order valence-corrected chi connectivity index (χ1v) is 11.7. The van der Waals surface area contributed by atoms with Crippen LogP contribution in [0.1, 0.15) is 20.7 Å². The monoisotopic (exact) mass is 570 g/mol. The number of rotatable bonds is 1. The number of nitro benzene ring substituents is 1. The molecule has 2 aliphatic rings. The number of nitrogens with zero attached hydrogens (tertiary/aromatic N) is 7. The maximum atomic E-state index is 12.4. The summed E-state index contributed by atoms with van der Waals surface area (Å²) < 4.78 is 0.981. The van der Waals surface area contributed by atoms with Crippen molar-refractivity contribution in [2.24, 2.45) is 11.8 Å². The van der Waals surface area contributed by atoms with Crippen molar-refractivity contribution in [2.45, 2.75) is 0 Å². The molecule has 3 aromatic carbocycles. The minimum absolute atomic E-state index is 0.0163. The van der Waals surface area contributed by atoms with Crippen LogP contribution in [-0.2, 0) is 0 Å². The molecule has 11 nitrogen and oxygen atoms in total. The van der Waals surface area contributed by atoms with E-state index in [-0.39, 0.29) is 28.5 Å². The minimum Gasteiger partial charge on any atom is -0.293 e. The van der Waals surface area contributed by atoms with Crippen LogP contribution in [0.4, 0.5) is 22.7 Å². The van der Waals surface area contributed by atoms with Crippen molar-refractivity contribution in [3.63, 3.8) is 0 Å². The third kappa shape index (κ3) is 6.24. The molecule has 0 fully saturated rings. The molecule has 2 atom stereocenters. The van der Waals surface area contributed by atoms with E-state index in [1.54, 1.807) is 48.6 Å². The van der Waals surface area contributed by atoms with Crippen LogP contribution in [0, 0.1) is 38.1 Å². The number of hydrogen-bond donors (Lipinski definition) is 0. The molecular formula is C26H17BrN7O4+3. The fraction of sp³-hybridized carbons (Fsp3) is 0.0769. The van der Waals surface area contributed by atoms with Gasteiger partial charge in [-0.15, -0.1) is 0 Å². The SMILES string of the molecule is N#[N+]c1ccc(Br)cc1.N#[N+]c1ccc([N+](=O)[O-])cc1.N#[N+]c1cccc2c1C(=O)C1C=CC=CC1C2=O. The second-order valence-electron chi connectivity index (χ2n) is 7.80. The number of non-ortho nitro benzene ring substituents is 1. The van der Waals surface area contributed by atoms with Gasteiger partial charge in [-0.05, 0) is 12.1 Å². The third-order valence-electron chi connectivity index (χ3n) is 5.52. The van der Waals surface area contributed by atoms with Gasteiger partial charge in [0.25, 0.3) is 5.69 Å². The molecule has 0 saturated heterocycles. The molecule has 38 heavy (non-hydrogen) atoms. The molecule has 3 aromatic rings. The number of carbonyl (C=O) groups is 2. The maximum absolute atomic E-state index is 12.4. The molecule has 2 unspecified atom stereocenters. The fourth-order valence-electron chi connectivity index (χ4n) is 3.69. The van der Waals surface area contributed by atoms with Crippen molar-refractivity contribution < 1.29 is 14.5 Å². The largest absolute Gasteiger partial charge is 0.396 e. The number of benzene rings is 3. The topological polar surface area (TPSA) is 162 Å². The van der Waals surface area contributed by atoms with Gasteiger partial charge in [-0.2, -0.15) is 0 Å². The molecule has 0 radical (unpaired) electrons. The normalized spacial score (nSPS) is 16.1. The molecule has 0 saturated carbocycles. The Bertz CT molecular complexity index is 1580. The number of hydrogen-bond acceptors (Lipinski definition) is 7. The van der Waals surface area contributed by atoms with Crippen molar-refractivity contribution in [3.05, 3.63) is 132 Å². The average Bonchev–Trinajstić information content (AvgIpc) is 2.96. The Kier molecular flexibility index (Phi) is 8.98. The molecule has 0 N–H and O–H groups in total. The third-order valence-corrected chi connectivity index (χ3v) is 6.05. The fourth-order valence-corrected chi connectivity index (χ4v) is 3.96. The lowest BCUT2D eigenvalue weighted by Gasteiger charge is -2.26. The van der Waals surface area contributed by atoms with Gasteiger partial charge in [0.1, 0.15) is 5.56 Å². The highest BCUT2D eigenvalue weighted by atomic mass is 79.9. The van der Waals surface area contributed by atoms with Crippen molar-refractivity contribution in [2.75, 3.05) is 0 Å². The zero-order valence-electron chi connectivity index (χ0n) is 19.5. The van der Waals surface area contributed by atoms with Crippen LogP contribution in [0.3, 0.4) is 0 Å². The summed E-state index contributed by atoms with van der Waals surface area (Å²) in [4.78, 5) is 43.2. The summed E-state index contributed by atoms with van der Waals surface area (Å²) in [5.74, 6) is -1.16. The highest BCUT2D eigenvalue weighted by Gasteiger charge is 2.43. The van der Waals surface area contributed by atoms with Gasteiger partial charge >= 0.3 is 17.1 Å². The van der Waals surface area contributed by atoms with Crippen LogP contribution in [0.5, 0.6) is 0 Å². The number of halogens is 1. The Morgan fingerprint density at radius 2 is 1.26 bits per heavy atom. The van der Waals surface area contributed by atoms with Gasteiger partial charge in [0.05, 0.1) is 16.8 Å². The van der Waals surface area contributed by atoms with E-state index in [4.69, 9.17) is 16.2 Å². The Balaban J connectivity index is 0.000000172. The van der Waals surface area contributed by atoms with Gasteiger partial charge in [0, 0.05) is 52.5 Å². The minimum atomic E-state index is -0.513. The number of Topliss-reactive ketones (excluding diaryl/α,β-unsaturated/α-hetero) is 2. The molecule has 184 valence electrons. The van der Waals surface area contributed by atoms with E-state index in [1.165, 1.54) is 30.3 Å². The number of carbonyl (C=O) groups excluding carboxylic acids is 2. The molecule has 0 aromatic heterocycles. The Morgan fingerprint density at radius 1 is 0.737 bits per heavy atom. The highest BCUT2D eigenvalue weighted by Crippen LogP contribution is 2.38. The van der Waals surface area contributed by atoms with E-state index in [2.05, 4.69) is 30.9 Å². The van der Waals surface area contributed by atoms with Crippen LogP contribution in [0.2, 0.25) is 0 Å². The van der Waals surface area contributed by atoms with E-state index in [0.717, 1.165) is 4.47 Å². The second kappa shape index (κ2) is 12.5. The first-order valence-electron chi connectivity index (χ1n) is 10.9. The number of ketones is 2. The van der Waals surface area contributed by atoms with Gasteiger partial charge in [-0.25, -0.2) is 0 Å². The predicted molar refractivity (Wildman–Crippen MR) is 142 cm³/mol. The van der Waals surface area contributed by atoms with Crippen molar-refractivity contribution in [1.29, 1.82) is 16.2 Å². The summed E-state index contributed by atoms with van der Waals surface area (Å²) in [6.07, 6.45) is 7.01. The van der Waals surface area contributed by atoms with Crippen LogP contribution >= 0.6 is 15.9 Å². The number of allylic oxidation sites excluding steroid dienone is 4. The molecule has 0 bridgehead atoms. The quantitative estimate of drug-likeness (QED) is 0.163. The lowest BCUT2D eigenvalue weighted by atomic mass is 9.72. The predicted octanol–water partition coefficient (Wildman–Crippen LogP) is 7.92. The molecule has 0 aliphatic heterocycles. The Morgan fingerprint density at radius 3 is 1.76 bits per heavy atom. The highest BCUT2D eigenvalue weighted by molar-refractivity contribution is 9.10. The first kappa shape index (κ1) is 27.2. The van der Waals surface area contributed by atoms with Gasteiger partial charge in [0.15, 0.2) is 26.5 Å². The summed E-state index contributed by atoms with van der Waals surface area (Å²) in [6.45, 7) is 0. The lowest BCUT2D eigenvalue weighted by molar-refractivity contribution is -0.384. The second-order valence-corrected chi connectivity index (χ2v) is 8.72. The molecule has 0 amide bonds. The van der Waals surface area contributed by atoms with E-state index in [1.807, 2.05) is 12.1 Å². The summed E-state index contributed by atoms with van der Waals surface area (Å²) in [5.41, 5.74) is 1.58. The van der Waals surface area contributed by atoms with Crippen LogP contribution < -0.4 is 0 Å². The summed E-state index contributed by atoms with van der Waals surface area (Å²) in [6, 6.07) is 17.1. The van der Waals surface area contributed by atoms with Crippen LogP contribution in [0.15, 0.2) is 95.5 Å². The smallest absolute Gasteiger partial charge is 0.293 e. The van der Waals surface area contributed by atoms with Gasteiger partial charge in [-0.1, -0.05) is 52.4 Å². The summed E-state index contributed by atoms with van der Waals surface area (Å²) in [5, 5.41) is 35.5. The first-order chi connectivity index (χ1) is 18.3. The zero-order valence-corrected chi connectivity index (χ0v) is 21.0. The summed E-state index contributed by atoms with van der Waals surface area (Å²) in [7, 11) is 0. The Labute approximate surface area is 224 Å². The molecular weight excluding hydrogens is 554 g/mol. The zero-order chi connectivity index (χ0) is 27.7. The standard InChI is InChI=1S/C14H9N2O2.C6H4BrN2.C6H4N3O2/c15-16-11-7-3-6-10-12(11)14(18)9-5-2-1-4-8(9)13(10)17;7-5-1-3-6(9-8)4-2-5;7-8-5-1-3-6(4-2-5)9(10)11/h1-9H;1-4H;1-4H/q3*+1. The summed E-state index contributed by atoms with van der Waals surface area (Å²) >= 11 is 3.25. The van der Waals surface area contributed by atoms with Gasteiger partial charge in [0.2, 0.25) is 16.2 Å². The van der Waals surface area contributed by atoms with E-state index in [0.29, 0.717) is 16.9 Å².